The van der Waals surface area contributed by atoms with Crippen LogP contribution in [-0.2, 0) is 33.2 Å². The van der Waals surface area contributed by atoms with Crippen LogP contribution in [0.5, 0.6) is 0 Å². The van der Waals surface area contributed by atoms with Crippen LogP contribution in [0.25, 0.3) is 0 Å². The van der Waals surface area contributed by atoms with Crippen molar-refractivity contribution in [2.45, 2.75) is 261 Å². The van der Waals surface area contributed by atoms with Crippen molar-refractivity contribution in [3.05, 3.63) is 0 Å². The first-order chi connectivity index (χ1) is 29.6. The molecule has 362 valence electrons. The molecule has 0 spiro atoms. The second-order valence-corrected chi connectivity index (χ2v) is 17.7. The van der Waals surface area contributed by atoms with Gasteiger partial charge in [0.2, 0.25) is 0 Å². The first-order valence-corrected chi connectivity index (χ1v) is 24.6. The summed E-state index contributed by atoms with van der Waals surface area (Å²) in [6.07, 6.45) is 17.3. The van der Waals surface area contributed by atoms with Gasteiger partial charge in [0, 0.05) is 13.0 Å². The van der Waals surface area contributed by atoms with Gasteiger partial charge in [-0.15, -0.1) is 0 Å². The van der Waals surface area contributed by atoms with Crippen LogP contribution >= 0.6 is 0 Å². The van der Waals surface area contributed by atoms with Crippen LogP contribution in [-0.4, -0.2) is 142 Å². The van der Waals surface area contributed by atoms with Gasteiger partial charge in [0.05, 0.1) is 26.4 Å². The molecule has 0 amide bonds. The van der Waals surface area contributed by atoms with Gasteiger partial charge in [0.1, 0.15) is 54.9 Å². The van der Waals surface area contributed by atoms with Gasteiger partial charge in [-0.3, -0.25) is 4.79 Å². The fourth-order valence-corrected chi connectivity index (χ4v) is 8.05. The molecule has 2 aliphatic heterocycles. The topological polar surface area (TPSA) is 214 Å². The molecule has 61 heavy (non-hydrogen) atoms. The fourth-order valence-electron chi connectivity index (χ4n) is 8.05. The van der Waals surface area contributed by atoms with Crippen molar-refractivity contribution in [3.8, 4) is 0 Å². The number of hydrogen-bond acceptors (Lipinski definition) is 14. The number of unbranched alkanes of at least 4 members (excludes halogenated alkanes) is 25. The van der Waals surface area contributed by atoms with E-state index in [0.29, 0.717) is 6.61 Å². The number of ether oxygens (including phenoxy) is 6. The van der Waals surface area contributed by atoms with Crippen LogP contribution in [0.2, 0.25) is 0 Å². The summed E-state index contributed by atoms with van der Waals surface area (Å²) >= 11 is 0. The van der Waals surface area contributed by atoms with Gasteiger partial charge in [-0.2, -0.15) is 0 Å². The molecular formula is C47H90O14. The molecule has 0 radical (unpaired) electrons. The van der Waals surface area contributed by atoms with Gasteiger partial charge in [-0.25, -0.2) is 0 Å². The molecule has 14 nitrogen and oxygen atoms in total. The standard InChI is InChI=1S/C47H90O14/c1-3-5-7-9-11-13-15-17-18-19-20-22-24-26-28-30-39(49)59-36(33-56-31-29-27-25-23-21-16-14-12-10-8-6-4-2)34-57-46-45(55)43(53)41(51)38(61-46)35-58-47-44(54)42(52)40(50)37(32-48)60-47/h36-38,40-48,50-55H,3-35H2,1-2H3. The lowest BCUT2D eigenvalue weighted by atomic mass is 9.98. The number of hydrogen-bond donors (Lipinski definition) is 7. The number of carbonyl (C=O) groups is 1. The highest BCUT2D eigenvalue weighted by molar-refractivity contribution is 5.69. The van der Waals surface area contributed by atoms with Crippen molar-refractivity contribution in [2.24, 2.45) is 0 Å². The zero-order valence-corrected chi connectivity index (χ0v) is 38.2. The maximum Gasteiger partial charge on any atom is 0.306 e. The summed E-state index contributed by atoms with van der Waals surface area (Å²) < 4.78 is 34.2. The van der Waals surface area contributed by atoms with Crippen LogP contribution in [0.1, 0.15) is 194 Å². The monoisotopic (exact) mass is 879 g/mol. The summed E-state index contributed by atoms with van der Waals surface area (Å²) in [5.74, 6) is -0.372. The second kappa shape index (κ2) is 36.2. The minimum Gasteiger partial charge on any atom is -0.457 e. The van der Waals surface area contributed by atoms with Crippen molar-refractivity contribution in [1.82, 2.24) is 0 Å². The average Bonchev–Trinajstić information content (AvgIpc) is 3.25. The Labute approximate surface area is 368 Å². The largest absolute Gasteiger partial charge is 0.457 e. The SMILES string of the molecule is CCCCCCCCCCCCCCCCCC(=O)OC(COCCCCCCCCCCCCCC)COC1OC(COC2OC(CO)C(O)C(O)C2O)C(O)C(O)C1O. The Morgan fingerprint density at radius 2 is 0.869 bits per heavy atom. The van der Waals surface area contributed by atoms with E-state index in [0.717, 1.165) is 44.9 Å². The highest BCUT2D eigenvalue weighted by atomic mass is 16.7. The molecule has 0 aliphatic carbocycles. The average molecular weight is 879 g/mol. The molecule has 2 saturated heterocycles. The van der Waals surface area contributed by atoms with Gasteiger partial charge in [0.25, 0.3) is 0 Å². The van der Waals surface area contributed by atoms with Gasteiger partial charge < -0.3 is 64.2 Å². The third-order valence-electron chi connectivity index (χ3n) is 12.1. The summed E-state index contributed by atoms with van der Waals surface area (Å²) in [5.41, 5.74) is 0. The first-order valence-electron chi connectivity index (χ1n) is 24.6. The highest BCUT2D eigenvalue weighted by Gasteiger charge is 2.47. The smallest absolute Gasteiger partial charge is 0.306 e. The third-order valence-corrected chi connectivity index (χ3v) is 12.1. The Morgan fingerprint density at radius 3 is 1.33 bits per heavy atom. The maximum atomic E-state index is 13.0. The fraction of sp³-hybridized carbons (Fsp3) is 0.979. The zero-order chi connectivity index (χ0) is 44.5. The van der Waals surface area contributed by atoms with Crippen molar-refractivity contribution in [1.29, 1.82) is 0 Å². The number of aliphatic hydroxyl groups excluding tert-OH is 7. The van der Waals surface area contributed by atoms with E-state index >= 15 is 0 Å². The summed E-state index contributed by atoms with van der Waals surface area (Å²) in [4.78, 5) is 13.0. The van der Waals surface area contributed by atoms with Crippen LogP contribution in [0.4, 0.5) is 0 Å². The van der Waals surface area contributed by atoms with Crippen LogP contribution in [0.15, 0.2) is 0 Å². The molecule has 2 heterocycles. The van der Waals surface area contributed by atoms with Crippen LogP contribution in [0, 0.1) is 0 Å². The normalized spacial score (nSPS) is 27.4. The molecule has 7 N–H and O–H groups in total. The summed E-state index contributed by atoms with van der Waals surface area (Å²) in [5, 5.41) is 72.0. The van der Waals surface area contributed by atoms with Crippen molar-refractivity contribution in [2.75, 3.05) is 33.0 Å². The van der Waals surface area contributed by atoms with Gasteiger partial charge >= 0.3 is 5.97 Å². The van der Waals surface area contributed by atoms with E-state index in [4.69, 9.17) is 28.4 Å². The lowest BCUT2D eigenvalue weighted by Crippen LogP contribution is -2.61. The minimum atomic E-state index is -1.70. The summed E-state index contributed by atoms with van der Waals surface area (Å²) in [7, 11) is 0. The molecule has 2 aliphatic rings. The van der Waals surface area contributed by atoms with E-state index in [9.17, 15) is 40.5 Å². The molecule has 0 aromatic rings. The van der Waals surface area contributed by atoms with E-state index in [1.807, 2.05) is 0 Å². The van der Waals surface area contributed by atoms with E-state index in [-0.39, 0.29) is 25.6 Å². The Bertz CT molecular complexity index is 1020. The minimum absolute atomic E-state index is 0.0697. The predicted molar refractivity (Wildman–Crippen MR) is 234 cm³/mol. The molecule has 14 heteroatoms. The lowest BCUT2D eigenvalue weighted by Gasteiger charge is -2.42. The third kappa shape index (κ3) is 24.7. The molecular weight excluding hydrogens is 789 g/mol. The van der Waals surface area contributed by atoms with E-state index in [2.05, 4.69) is 13.8 Å². The lowest BCUT2D eigenvalue weighted by molar-refractivity contribution is -0.332. The maximum absolute atomic E-state index is 13.0. The second-order valence-electron chi connectivity index (χ2n) is 17.7. The highest BCUT2D eigenvalue weighted by Crippen LogP contribution is 2.26. The van der Waals surface area contributed by atoms with Crippen LogP contribution < -0.4 is 0 Å². The molecule has 0 saturated carbocycles. The van der Waals surface area contributed by atoms with E-state index < -0.39 is 80.7 Å². The number of rotatable bonds is 39. The molecule has 11 unspecified atom stereocenters. The molecule has 2 rings (SSSR count). The molecule has 11 atom stereocenters. The van der Waals surface area contributed by atoms with Crippen molar-refractivity contribution >= 4 is 5.97 Å². The van der Waals surface area contributed by atoms with E-state index in [1.165, 1.54) is 128 Å². The van der Waals surface area contributed by atoms with Crippen molar-refractivity contribution < 1.29 is 69.0 Å². The van der Waals surface area contributed by atoms with Crippen LogP contribution in [0.3, 0.4) is 0 Å². The zero-order valence-electron chi connectivity index (χ0n) is 38.2. The molecule has 0 aromatic heterocycles. The summed E-state index contributed by atoms with van der Waals surface area (Å²) in [6.45, 7) is 3.71. The molecule has 0 bridgehead atoms. The van der Waals surface area contributed by atoms with Gasteiger partial charge in [-0.1, -0.05) is 174 Å². The Kier molecular flexibility index (Phi) is 33.3. The number of carbonyl (C=O) groups excluding carboxylic acids is 1. The molecule has 2 fully saturated rings. The number of esters is 1. The quantitative estimate of drug-likeness (QED) is 0.0259. The molecule has 0 aromatic carbocycles. The Hall–Kier alpha value is -1.01. The number of aliphatic hydroxyl groups is 7. The van der Waals surface area contributed by atoms with E-state index in [1.54, 1.807) is 0 Å². The Morgan fingerprint density at radius 1 is 0.475 bits per heavy atom. The van der Waals surface area contributed by atoms with Gasteiger partial charge in [0.15, 0.2) is 12.6 Å². The van der Waals surface area contributed by atoms with Crippen molar-refractivity contribution in [3.63, 3.8) is 0 Å². The van der Waals surface area contributed by atoms with Gasteiger partial charge in [-0.05, 0) is 12.8 Å². The first kappa shape index (κ1) is 56.1. The predicted octanol–water partition coefficient (Wildman–Crippen LogP) is 6.52. The Balaban J connectivity index is 1.78. The summed E-state index contributed by atoms with van der Waals surface area (Å²) in [6, 6.07) is 0.